The fraction of sp³-hybridized carbons (Fsp3) is 0.333. The van der Waals surface area contributed by atoms with Gasteiger partial charge in [0.15, 0.2) is 0 Å². The largest absolute Gasteiger partial charge is 0.328 e. The van der Waals surface area contributed by atoms with Gasteiger partial charge in [-0.3, -0.25) is 15.0 Å². The van der Waals surface area contributed by atoms with E-state index in [9.17, 15) is 9.59 Å². The zero-order valence-corrected chi connectivity index (χ0v) is 11.2. The molecule has 4 nitrogen and oxygen atoms in total. The normalized spacial score (nSPS) is 20.4. The van der Waals surface area contributed by atoms with E-state index in [2.05, 4.69) is 21.2 Å². The number of halogens is 1. The Labute approximate surface area is 108 Å². The molecule has 1 aromatic rings. The zero-order chi connectivity index (χ0) is 12.6. The molecule has 3 amide bonds. The van der Waals surface area contributed by atoms with E-state index in [1.165, 1.54) is 0 Å². The number of imide groups is 1. The summed E-state index contributed by atoms with van der Waals surface area (Å²) < 4.78 is 0.951. The van der Waals surface area contributed by atoms with Gasteiger partial charge in [-0.2, -0.15) is 0 Å². The van der Waals surface area contributed by atoms with Gasteiger partial charge < -0.3 is 0 Å². The standard InChI is InChI=1S/C12H13BrN2O2/c1-7-3-4-9(5-10(7)13)15-6-8(2)11(16)14-12(15)17/h3-5,8H,6H2,1-2H3,(H,14,16,17). The number of rotatable bonds is 1. The lowest BCUT2D eigenvalue weighted by Crippen LogP contribution is -2.53. The highest BCUT2D eigenvalue weighted by Crippen LogP contribution is 2.25. The molecule has 1 heterocycles. The summed E-state index contributed by atoms with van der Waals surface area (Å²) in [7, 11) is 0. The fourth-order valence-electron chi connectivity index (χ4n) is 1.71. The van der Waals surface area contributed by atoms with Gasteiger partial charge in [0.1, 0.15) is 0 Å². The summed E-state index contributed by atoms with van der Waals surface area (Å²) in [6, 6.07) is 5.34. The van der Waals surface area contributed by atoms with E-state index in [0.29, 0.717) is 6.54 Å². The van der Waals surface area contributed by atoms with Crippen molar-refractivity contribution in [3.8, 4) is 0 Å². The van der Waals surface area contributed by atoms with Crippen LogP contribution in [0.2, 0.25) is 0 Å². The Morgan fingerprint density at radius 1 is 1.41 bits per heavy atom. The van der Waals surface area contributed by atoms with E-state index in [1.54, 1.807) is 11.8 Å². The van der Waals surface area contributed by atoms with Crippen molar-refractivity contribution in [1.29, 1.82) is 0 Å². The molecule has 1 unspecified atom stereocenters. The van der Waals surface area contributed by atoms with E-state index >= 15 is 0 Å². The Bertz CT molecular complexity index is 487. The molecule has 1 aliphatic heterocycles. The smallest absolute Gasteiger partial charge is 0.293 e. The number of nitrogens with one attached hydrogen (secondary N) is 1. The maximum Gasteiger partial charge on any atom is 0.328 e. The second-order valence-electron chi connectivity index (χ2n) is 4.24. The number of aryl methyl sites for hydroxylation is 1. The first-order valence-electron chi connectivity index (χ1n) is 5.37. The lowest BCUT2D eigenvalue weighted by Gasteiger charge is -2.30. The van der Waals surface area contributed by atoms with E-state index in [-0.39, 0.29) is 17.9 Å². The summed E-state index contributed by atoms with van der Waals surface area (Å²) in [5.41, 5.74) is 1.90. The van der Waals surface area contributed by atoms with Gasteiger partial charge in [0.25, 0.3) is 0 Å². The van der Waals surface area contributed by atoms with Crippen LogP contribution in [0.1, 0.15) is 12.5 Å². The molecule has 0 bridgehead atoms. The minimum Gasteiger partial charge on any atom is -0.293 e. The van der Waals surface area contributed by atoms with Gasteiger partial charge in [0.2, 0.25) is 5.91 Å². The summed E-state index contributed by atoms with van der Waals surface area (Å²) in [5, 5.41) is 2.34. The molecule has 1 saturated heterocycles. The maximum absolute atomic E-state index is 11.7. The Morgan fingerprint density at radius 2 is 2.12 bits per heavy atom. The van der Waals surface area contributed by atoms with Crippen LogP contribution in [-0.2, 0) is 4.79 Å². The highest BCUT2D eigenvalue weighted by Gasteiger charge is 2.30. The number of hydrogen-bond acceptors (Lipinski definition) is 2. The first kappa shape index (κ1) is 12.1. The first-order valence-corrected chi connectivity index (χ1v) is 6.17. The number of carbonyl (C=O) groups excluding carboxylic acids is 2. The monoisotopic (exact) mass is 296 g/mol. The van der Waals surface area contributed by atoms with Crippen LogP contribution in [0.4, 0.5) is 10.5 Å². The quantitative estimate of drug-likeness (QED) is 0.865. The van der Waals surface area contributed by atoms with E-state index in [4.69, 9.17) is 0 Å². The van der Waals surface area contributed by atoms with Crippen molar-refractivity contribution in [1.82, 2.24) is 5.32 Å². The van der Waals surface area contributed by atoms with Crippen molar-refractivity contribution >= 4 is 33.6 Å². The summed E-state index contributed by atoms with van der Waals surface area (Å²) in [6.45, 7) is 4.20. The van der Waals surface area contributed by atoms with Crippen molar-refractivity contribution in [2.45, 2.75) is 13.8 Å². The minimum atomic E-state index is -0.358. The van der Waals surface area contributed by atoms with E-state index < -0.39 is 0 Å². The van der Waals surface area contributed by atoms with Crippen molar-refractivity contribution in [3.63, 3.8) is 0 Å². The van der Waals surface area contributed by atoms with Crippen LogP contribution in [0.25, 0.3) is 0 Å². The van der Waals surface area contributed by atoms with Crippen molar-refractivity contribution < 1.29 is 9.59 Å². The molecular weight excluding hydrogens is 284 g/mol. The molecule has 1 N–H and O–H groups in total. The summed E-state index contributed by atoms with van der Waals surface area (Å²) in [6.07, 6.45) is 0. The number of benzene rings is 1. The summed E-state index contributed by atoms with van der Waals surface area (Å²) >= 11 is 3.43. The summed E-state index contributed by atoms with van der Waals surface area (Å²) in [5.74, 6) is -0.398. The van der Waals surface area contributed by atoms with Gasteiger partial charge in [-0.25, -0.2) is 4.79 Å². The molecule has 0 aromatic heterocycles. The number of amides is 3. The minimum absolute atomic E-state index is 0.187. The molecule has 0 aliphatic carbocycles. The Balaban J connectivity index is 2.30. The van der Waals surface area contributed by atoms with Crippen LogP contribution in [0.15, 0.2) is 22.7 Å². The van der Waals surface area contributed by atoms with Crippen molar-refractivity contribution in [2.24, 2.45) is 5.92 Å². The average molecular weight is 297 g/mol. The predicted molar refractivity (Wildman–Crippen MR) is 68.9 cm³/mol. The van der Waals surface area contributed by atoms with Crippen LogP contribution in [0.5, 0.6) is 0 Å². The lowest BCUT2D eigenvalue weighted by atomic mass is 10.1. The third-order valence-corrected chi connectivity index (χ3v) is 3.70. The molecule has 1 aliphatic rings. The van der Waals surface area contributed by atoms with E-state index in [0.717, 1.165) is 15.7 Å². The highest BCUT2D eigenvalue weighted by atomic mass is 79.9. The van der Waals surface area contributed by atoms with Gasteiger partial charge in [-0.05, 0) is 24.6 Å². The molecule has 90 valence electrons. The zero-order valence-electron chi connectivity index (χ0n) is 9.66. The van der Waals surface area contributed by atoms with Gasteiger partial charge in [-0.1, -0.05) is 28.9 Å². The molecule has 0 radical (unpaired) electrons. The second-order valence-corrected chi connectivity index (χ2v) is 5.09. The second kappa shape index (κ2) is 4.49. The van der Waals surface area contributed by atoms with Gasteiger partial charge in [0.05, 0.1) is 5.92 Å². The fourth-order valence-corrected chi connectivity index (χ4v) is 2.07. The molecule has 1 atom stereocenters. The molecule has 0 spiro atoms. The number of anilines is 1. The predicted octanol–water partition coefficient (Wildman–Crippen LogP) is 2.45. The van der Waals surface area contributed by atoms with Crippen molar-refractivity contribution in [3.05, 3.63) is 28.2 Å². The maximum atomic E-state index is 11.7. The molecule has 2 rings (SSSR count). The van der Waals surface area contributed by atoms with Crippen LogP contribution in [0.3, 0.4) is 0 Å². The van der Waals surface area contributed by atoms with Crippen LogP contribution < -0.4 is 10.2 Å². The molecule has 0 saturated carbocycles. The molecule has 5 heteroatoms. The number of nitrogens with zero attached hydrogens (tertiary/aromatic N) is 1. The topological polar surface area (TPSA) is 49.4 Å². The Morgan fingerprint density at radius 3 is 2.76 bits per heavy atom. The van der Waals surface area contributed by atoms with Crippen LogP contribution >= 0.6 is 15.9 Å². The SMILES string of the molecule is Cc1ccc(N2CC(C)C(=O)NC2=O)cc1Br. The molecule has 17 heavy (non-hydrogen) atoms. The van der Waals surface area contributed by atoms with Gasteiger partial charge in [0, 0.05) is 16.7 Å². The average Bonchev–Trinajstić information content (AvgIpc) is 2.27. The summed E-state index contributed by atoms with van der Waals surface area (Å²) in [4.78, 5) is 24.6. The van der Waals surface area contributed by atoms with E-state index in [1.807, 2.05) is 25.1 Å². The lowest BCUT2D eigenvalue weighted by molar-refractivity contribution is -0.123. The van der Waals surface area contributed by atoms with Gasteiger partial charge >= 0.3 is 6.03 Å². The number of hydrogen-bond donors (Lipinski definition) is 1. The Kier molecular flexibility index (Phi) is 3.19. The number of urea groups is 1. The molecule has 1 aromatic carbocycles. The van der Waals surface area contributed by atoms with Crippen molar-refractivity contribution in [2.75, 3.05) is 11.4 Å². The van der Waals surface area contributed by atoms with Crippen LogP contribution in [-0.4, -0.2) is 18.5 Å². The third-order valence-electron chi connectivity index (χ3n) is 2.85. The van der Waals surface area contributed by atoms with Crippen LogP contribution in [0, 0.1) is 12.8 Å². The first-order chi connectivity index (χ1) is 7.99. The Hall–Kier alpha value is -1.36. The molecular formula is C12H13BrN2O2. The van der Waals surface area contributed by atoms with Gasteiger partial charge in [-0.15, -0.1) is 0 Å². The number of carbonyl (C=O) groups is 2. The highest BCUT2D eigenvalue weighted by molar-refractivity contribution is 9.10. The third kappa shape index (κ3) is 2.34. The molecule has 1 fully saturated rings.